The molecular formula is C24H46O4. The first-order valence-corrected chi connectivity index (χ1v) is 11.9. The lowest BCUT2D eigenvalue weighted by molar-refractivity contribution is -0.148. The Morgan fingerprint density at radius 1 is 0.643 bits per heavy atom. The molecule has 0 rings (SSSR count). The van der Waals surface area contributed by atoms with Gasteiger partial charge in [-0.25, -0.2) is 0 Å². The van der Waals surface area contributed by atoms with Gasteiger partial charge in [-0.2, -0.15) is 0 Å². The van der Waals surface area contributed by atoms with Crippen molar-refractivity contribution >= 4 is 11.9 Å². The van der Waals surface area contributed by atoms with Crippen LogP contribution in [0.25, 0.3) is 0 Å². The molecule has 0 saturated heterocycles. The Balaban J connectivity index is 3.44. The van der Waals surface area contributed by atoms with Crippen LogP contribution in [0.5, 0.6) is 0 Å². The Labute approximate surface area is 174 Å². The minimum Gasteiger partial charge on any atom is -0.466 e. The maximum Gasteiger partial charge on any atom is 0.306 e. The fraction of sp³-hybridized carbons (Fsp3) is 0.917. The second-order valence-corrected chi connectivity index (χ2v) is 8.05. The van der Waals surface area contributed by atoms with Gasteiger partial charge in [0.25, 0.3) is 0 Å². The minimum atomic E-state index is -0.0756. The number of carbonyl (C=O) groups excluding carboxylic acids is 2. The highest BCUT2D eigenvalue weighted by Crippen LogP contribution is 2.11. The molecule has 0 saturated carbocycles. The number of ether oxygens (including phenoxy) is 2. The Kier molecular flexibility index (Phi) is 19.9. The summed E-state index contributed by atoms with van der Waals surface area (Å²) in [4.78, 5) is 23.5. The molecule has 0 spiro atoms. The van der Waals surface area contributed by atoms with Crippen LogP contribution in [0.2, 0.25) is 0 Å². The standard InChI is InChI=1S/C24H46O4/c1-4-6-8-10-12-14-19-23(25)27-21-17-16-18-22(3)28-24(26)20-15-13-11-9-7-5-2/h22H,4-21H2,1-3H3. The van der Waals surface area contributed by atoms with E-state index in [1.807, 2.05) is 6.92 Å². The number of carbonyl (C=O) groups is 2. The number of hydrogen-bond donors (Lipinski definition) is 0. The molecule has 0 radical (unpaired) electrons. The van der Waals surface area contributed by atoms with Crippen LogP contribution in [0.15, 0.2) is 0 Å². The summed E-state index contributed by atoms with van der Waals surface area (Å²) in [6, 6.07) is 0. The number of rotatable bonds is 20. The van der Waals surface area contributed by atoms with Crippen LogP contribution < -0.4 is 0 Å². The lowest BCUT2D eigenvalue weighted by Gasteiger charge is -2.13. The van der Waals surface area contributed by atoms with E-state index < -0.39 is 0 Å². The highest BCUT2D eigenvalue weighted by Gasteiger charge is 2.09. The quantitative estimate of drug-likeness (QED) is 0.162. The van der Waals surface area contributed by atoms with Crippen LogP contribution in [-0.2, 0) is 19.1 Å². The fourth-order valence-corrected chi connectivity index (χ4v) is 3.23. The Morgan fingerprint density at radius 2 is 1.14 bits per heavy atom. The Hall–Kier alpha value is -1.06. The van der Waals surface area contributed by atoms with Crippen LogP contribution >= 0.6 is 0 Å². The number of esters is 2. The van der Waals surface area contributed by atoms with Gasteiger partial charge in [0, 0.05) is 12.8 Å². The van der Waals surface area contributed by atoms with Crippen molar-refractivity contribution < 1.29 is 19.1 Å². The molecule has 0 aromatic heterocycles. The smallest absolute Gasteiger partial charge is 0.306 e. The molecule has 0 bridgehead atoms. The lowest BCUT2D eigenvalue weighted by atomic mass is 10.1. The summed E-state index contributed by atoms with van der Waals surface area (Å²) < 4.78 is 10.7. The predicted molar refractivity (Wildman–Crippen MR) is 116 cm³/mol. The van der Waals surface area contributed by atoms with Crippen molar-refractivity contribution in [3.8, 4) is 0 Å². The van der Waals surface area contributed by atoms with Gasteiger partial charge >= 0.3 is 11.9 Å². The summed E-state index contributed by atoms with van der Waals surface area (Å²) in [5.74, 6) is -0.151. The van der Waals surface area contributed by atoms with Crippen molar-refractivity contribution in [2.75, 3.05) is 6.61 Å². The highest BCUT2D eigenvalue weighted by molar-refractivity contribution is 5.69. The molecule has 166 valence electrons. The molecule has 0 amide bonds. The van der Waals surface area contributed by atoms with Crippen molar-refractivity contribution in [1.29, 1.82) is 0 Å². The van der Waals surface area contributed by atoms with Crippen LogP contribution in [0.1, 0.15) is 130 Å². The van der Waals surface area contributed by atoms with Gasteiger partial charge < -0.3 is 9.47 Å². The predicted octanol–water partition coefficient (Wildman–Crippen LogP) is 7.13. The van der Waals surface area contributed by atoms with Crippen LogP contribution in [0, 0.1) is 0 Å². The van der Waals surface area contributed by atoms with Crippen molar-refractivity contribution in [3.63, 3.8) is 0 Å². The third-order valence-electron chi connectivity index (χ3n) is 5.07. The first kappa shape index (κ1) is 26.9. The van der Waals surface area contributed by atoms with Crippen LogP contribution in [0.4, 0.5) is 0 Å². The largest absolute Gasteiger partial charge is 0.466 e. The number of unbranched alkanes of at least 4 members (excludes halogenated alkanes) is 11. The normalized spacial score (nSPS) is 12.0. The van der Waals surface area contributed by atoms with Gasteiger partial charge in [-0.3, -0.25) is 9.59 Å². The average Bonchev–Trinajstić information content (AvgIpc) is 2.67. The van der Waals surface area contributed by atoms with E-state index >= 15 is 0 Å². The monoisotopic (exact) mass is 398 g/mol. The summed E-state index contributed by atoms with van der Waals surface area (Å²) in [7, 11) is 0. The molecule has 0 N–H and O–H groups in total. The third kappa shape index (κ3) is 19.7. The minimum absolute atomic E-state index is 0.0496. The summed E-state index contributed by atoms with van der Waals surface area (Å²) in [5.41, 5.74) is 0. The van der Waals surface area contributed by atoms with Gasteiger partial charge in [-0.15, -0.1) is 0 Å². The maximum absolute atomic E-state index is 11.8. The van der Waals surface area contributed by atoms with Gasteiger partial charge in [0.2, 0.25) is 0 Å². The van der Waals surface area contributed by atoms with Crippen molar-refractivity contribution in [3.05, 3.63) is 0 Å². The van der Waals surface area contributed by atoms with E-state index in [2.05, 4.69) is 13.8 Å². The van der Waals surface area contributed by atoms with Gasteiger partial charge in [0.15, 0.2) is 0 Å². The summed E-state index contributed by atoms with van der Waals surface area (Å²) in [6.07, 6.45) is 17.8. The molecule has 0 aliphatic heterocycles. The lowest BCUT2D eigenvalue weighted by Crippen LogP contribution is -2.15. The molecule has 0 aliphatic rings. The van der Waals surface area contributed by atoms with E-state index in [9.17, 15) is 9.59 Å². The fourth-order valence-electron chi connectivity index (χ4n) is 3.23. The molecule has 4 heteroatoms. The van der Waals surface area contributed by atoms with E-state index in [0.29, 0.717) is 19.4 Å². The van der Waals surface area contributed by atoms with Gasteiger partial charge in [0.1, 0.15) is 0 Å². The van der Waals surface area contributed by atoms with E-state index in [0.717, 1.165) is 44.9 Å². The zero-order valence-corrected chi connectivity index (χ0v) is 18.9. The summed E-state index contributed by atoms with van der Waals surface area (Å²) in [5, 5.41) is 0. The number of hydrogen-bond acceptors (Lipinski definition) is 4. The molecule has 0 aromatic rings. The third-order valence-corrected chi connectivity index (χ3v) is 5.07. The maximum atomic E-state index is 11.8. The van der Waals surface area contributed by atoms with Gasteiger partial charge in [-0.05, 0) is 39.0 Å². The molecule has 1 unspecified atom stereocenters. The van der Waals surface area contributed by atoms with E-state index in [4.69, 9.17) is 9.47 Å². The molecule has 0 heterocycles. The van der Waals surface area contributed by atoms with E-state index in [-0.39, 0.29) is 18.0 Å². The van der Waals surface area contributed by atoms with Crippen LogP contribution in [0.3, 0.4) is 0 Å². The molecule has 0 aromatic carbocycles. The summed E-state index contributed by atoms with van der Waals surface area (Å²) >= 11 is 0. The van der Waals surface area contributed by atoms with Crippen molar-refractivity contribution in [2.24, 2.45) is 0 Å². The SMILES string of the molecule is CCCCCCCCC(=O)OCCCCC(C)OC(=O)CCCCCCCC. The zero-order chi connectivity index (χ0) is 20.9. The summed E-state index contributed by atoms with van der Waals surface area (Å²) in [6.45, 7) is 6.84. The van der Waals surface area contributed by atoms with E-state index in [1.165, 1.54) is 51.4 Å². The Morgan fingerprint density at radius 3 is 1.71 bits per heavy atom. The van der Waals surface area contributed by atoms with Gasteiger partial charge in [-0.1, -0.05) is 78.1 Å². The highest BCUT2D eigenvalue weighted by atomic mass is 16.5. The van der Waals surface area contributed by atoms with Crippen molar-refractivity contribution in [2.45, 2.75) is 136 Å². The molecule has 1 atom stereocenters. The zero-order valence-electron chi connectivity index (χ0n) is 18.9. The first-order chi connectivity index (χ1) is 13.6. The first-order valence-electron chi connectivity index (χ1n) is 11.9. The average molecular weight is 399 g/mol. The molecule has 28 heavy (non-hydrogen) atoms. The second kappa shape index (κ2) is 20.7. The van der Waals surface area contributed by atoms with E-state index in [1.54, 1.807) is 0 Å². The molecule has 0 aliphatic carbocycles. The molecular weight excluding hydrogens is 352 g/mol. The Bertz CT molecular complexity index is 368. The van der Waals surface area contributed by atoms with Crippen LogP contribution in [-0.4, -0.2) is 24.6 Å². The second-order valence-electron chi connectivity index (χ2n) is 8.05. The van der Waals surface area contributed by atoms with Crippen molar-refractivity contribution in [1.82, 2.24) is 0 Å². The van der Waals surface area contributed by atoms with Gasteiger partial charge in [0.05, 0.1) is 12.7 Å². The molecule has 4 nitrogen and oxygen atoms in total. The topological polar surface area (TPSA) is 52.6 Å². The molecule has 0 fully saturated rings.